The summed E-state index contributed by atoms with van der Waals surface area (Å²) < 4.78 is 52.8. The van der Waals surface area contributed by atoms with Crippen molar-refractivity contribution in [2.45, 2.75) is 31.1 Å². The molecule has 0 aliphatic heterocycles. The zero-order valence-corrected chi connectivity index (χ0v) is 17.6. The molecule has 0 atom stereocenters. The predicted molar refractivity (Wildman–Crippen MR) is 114 cm³/mol. The fourth-order valence-corrected chi connectivity index (χ4v) is 3.31. The van der Waals surface area contributed by atoms with Crippen LogP contribution in [0, 0.1) is 5.82 Å². The zero-order chi connectivity index (χ0) is 24.3. The highest BCUT2D eigenvalue weighted by molar-refractivity contribution is 6.00. The lowest BCUT2D eigenvalue weighted by Gasteiger charge is -2.17. The molecule has 1 aliphatic carbocycles. The van der Waals surface area contributed by atoms with Gasteiger partial charge < -0.3 is 16.0 Å². The summed E-state index contributed by atoms with van der Waals surface area (Å²) in [6.45, 7) is 0.162. The van der Waals surface area contributed by atoms with Gasteiger partial charge in [0.25, 0.3) is 5.91 Å². The van der Waals surface area contributed by atoms with Crippen molar-refractivity contribution in [1.29, 1.82) is 0 Å². The third-order valence-electron chi connectivity index (χ3n) is 5.33. The molecule has 1 saturated carbocycles. The van der Waals surface area contributed by atoms with Crippen molar-refractivity contribution in [3.8, 4) is 0 Å². The van der Waals surface area contributed by atoms with E-state index in [1.165, 1.54) is 18.7 Å². The van der Waals surface area contributed by atoms with Crippen LogP contribution in [0.5, 0.6) is 0 Å². The van der Waals surface area contributed by atoms with Crippen molar-refractivity contribution >= 4 is 23.2 Å². The average molecular weight is 473 g/mol. The number of hydrogen-bond acceptors (Lipinski definition) is 5. The van der Waals surface area contributed by atoms with E-state index in [9.17, 15) is 27.2 Å². The first kappa shape index (κ1) is 23.1. The van der Waals surface area contributed by atoms with Crippen molar-refractivity contribution in [2.24, 2.45) is 0 Å². The second-order valence-electron chi connectivity index (χ2n) is 7.86. The fraction of sp³-hybridized carbons (Fsp3) is 0.217. The number of nitrogens with one attached hydrogen (secondary N) is 3. The molecular weight excluding hydrogens is 454 g/mol. The number of carbonyl (C=O) groups is 2. The van der Waals surface area contributed by atoms with Crippen LogP contribution >= 0.6 is 0 Å². The minimum Gasteiger partial charge on any atom is -0.355 e. The van der Waals surface area contributed by atoms with Gasteiger partial charge in [0.15, 0.2) is 0 Å². The van der Waals surface area contributed by atoms with Gasteiger partial charge in [-0.25, -0.2) is 14.4 Å². The van der Waals surface area contributed by atoms with Crippen LogP contribution in [-0.2, 0) is 17.5 Å². The summed E-state index contributed by atoms with van der Waals surface area (Å²) in [6.07, 6.45) is 0.300. The zero-order valence-electron chi connectivity index (χ0n) is 17.6. The molecule has 1 aromatic heterocycles. The highest BCUT2D eigenvalue weighted by atomic mass is 19.4. The molecule has 2 aromatic carbocycles. The molecular formula is C23H19F4N5O2. The Hall–Kier alpha value is -4.02. The maximum absolute atomic E-state index is 13.3. The van der Waals surface area contributed by atoms with Crippen molar-refractivity contribution in [1.82, 2.24) is 20.6 Å². The molecule has 0 radical (unpaired) electrons. The molecule has 2 amide bonds. The SMILES string of the molecule is O=C(NC1(C(=O)NCc2ccc(Nc3ccc(F)cc3C(F)(F)F)cc2)CC1)c1cncnc1. The second-order valence-corrected chi connectivity index (χ2v) is 7.86. The molecule has 0 spiro atoms. The van der Waals surface area contributed by atoms with Gasteiger partial charge in [0.2, 0.25) is 5.91 Å². The monoisotopic (exact) mass is 473 g/mol. The summed E-state index contributed by atoms with van der Waals surface area (Å²) in [5.74, 6) is -1.76. The summed E-state index contributed by atoms with van der Waals surface area (Å²) >= 11 is 0. The summed E-state index contributed by atoms with van der Waals surface area (Å²) in [5.41, 5.74) is -1.05. The molecule has 1 fully saturated rings. The van der Waals surface area contributed by atoms with Gasteiger partial charge >= 0.3 is 6.18 Å². The van der Waals surface area contributed by atoms with Crippen LogP contribution in [0.25, 0.3) is 0 Å². The van der Waals surface area contributed by atoms with Crippen LogP contribution in [0.3, 0.4) is 0 Å². The average Bonchev–Trinajstić information content (AvgIpc) is 3.60. The van der Waals surface area contributed by atoms with Crippen LogP contribution in [0.2, 0.25) is 0 Å². The van der Waals surface area contributed by atoms with Gasteiger partial charge in [0.1, 0.15) is 17.7 Å². The number of nitrogens with zero attached hydrogens (tertiary/aromatic N) is 2. The van der Waals surface area contributed by atoms with Crippen LogP contribution < -0.4 is 16.0 Å². The predicted octanol–water partition coefficient (Wildman–Crippen LogP) is 3.96. The lowest BCUT2D eigenvalue weighted by molar-refractivity contribution is -0.137. The smallest absolute Gasteiger partial charge is 0.355 e. The molecule has 34 heavy (non-hydrogen) atoms. The minimum absolute atomic E-state index is 0.162. The lowest BCUT2D eigenvalue weighted by atomic mass is 10.1. The molecule has 7 nitrogen and oxygen atoms in total. The maximum Gasteiger partial charge on any atom is 0.418 e. The third kappa shape index (κ3) is 5.30. The van der Waals surface area contributed by atoms with E-state index < -0.39 is 29.0 Å². The van der Waals surface area contributed by atoms with Crippen molar-refractivity contribution in [3.63, 3.8) is 0 Å². The summed E-state index contributed by atoms with van der Waals surface area (Å²) in [6, 6.07) is 8.78. The van der Waals surface area contributed by atoms with E-state index >= 15 is 0 Å². The van der Waals surface area contributed by atoms with Gasteiger partial charge in [0.05, 0.1) is 16.8 Å². The first-order chi connectivity index (χ1) is 16.2. The molecule has 176 valence electrons. The Bertz CT molecular complexity index is 1200. The van der Waals surface area contributed by atoms with Crippen molar-refractivity contribution in [2.75, 3.05) is 5.32 Å². The van der Waals surface area contributed by atoms with Gasteiger partial charge in [0, 0.05) is 24.6 Å². The Labute approximate surface area is 191 Å². The van der Waals surface area contributed by atoms with E-state index in [0.29, 0.717) is 30.2 Å². The van der Waals surface area contributed by atoms with Crippen LogP contribution in [-0.4, -0.2) is 27.3 Å². The van der Waals surface area contributed by atoms with E-state index in [1.807, 2.05) is 0 Å². The first-order valence-electron chi connectivity index (χ1n) is 10.2. The standard InChI is InChI=1S/C23H19F4N5O2/c24-16-3-6-19(18(9-16)23(25,26)27)31-17-4-1-14(2-5-17)10-30-21(34)22(7-8-22)32-20(33)15-11-28-13-29-12-15/h1-6,9,11-13,31H,7-8,10H2,(H,30,34)(H,32,33). The molecule has 0 bridgehead atoms. The van der Waals surface area contributed by atoms with Crippen LogP contribution in [0.4, 0.5) is 28.9 Å². The maximum atomic E-state index is 13.3. The van der Waals surface area contributed by atoms with E-state index in [1.54, 1.807) is 24.3 Å². The van der Waals surface area contributed by atoms with Crippen LogP contribution in [0.1, 0.15) is 34.3 Å². The molecule has 0 unspecified atom stereocenters. The Balaban J connectivity index is 1.35. The molecule has 3 aromatic rings. The van der Waals surface area contributed by atoms with Crippen molar-refractivity contribution in [3.05, 3.63) is 83.7 Å². The van der Waals surface area contributed by atoms with E-state index in [2.05, 4.69) is 25.9 Å². The van der Waals surface area contributed by atoms with Gasteiger partial charge in [-0.05, 0) is 48.7 Å². The number of carbonyl (C=O) groups excluding carboxylic acids is 2. The fourth-order valence-electron chi connectivity index (χ4n) is 3.31. The first-order valence-corrected chi connectivity index (χ1v) is 10.2. The van der Waals surface area contributed by atoms with Gasteiger partial charge in [-0.15, -0.1) is 0 Å². The Kier molecular flexibility index (Phi) is 6.18. The quantitative estimate of drug-likeness (QED) is 0.452. The topological polar surface area (TPSA) is 96.0 Å². The van der Waals surface area contributed by atoms with Gasteiger partial charge in [-0.2, -0.15) is 13.2 Å². The summed E-state index contributed by atoms with van der Waals surface area (Å²) in [4.78, 5) is 32.5. The number of alkyl halides is 3. The summed E-state index contributed by atoms with van der Waals surface area (Å²) in [5, 5.41) is 8.12. The van der Waals surface area contributed by atoms with Crippen molar-refractivity contribution < 1.29 is 27.2 Å². The van der Waals surface area contributed by atoms with E-state index in [0.717, 1.165) is 12.1 Å². The third-order valence-corrected chi connectivity index (χ3v) is 5.33. The summed E-state index contributed by atoms with van der Waals surface area (Å²) in [7, 11) is 0. The number of amides is 2. The molecule has 11 heteroatoms. The Morgan fingerprint density at radius 3 is 2.29 bits per heavy atom. The van der Waals surface area contributed by atoms with E-state index in [-0.39, 0.29) is 23.7 Å². The molecule has 4 rings (SSSR count). The molecule has 0 saturated heterocycles. The van der Waals surface area contributed by atoms with Gasteiger partial charge in [-0.1, -0.05) is 12.1 Å². The largest absolute Gasteiger partial charge is 0.418 e. The molecule has 1 aliphatic rings. The Morgan fingerprint density at radius 1 is 1.00 bits per heavy atom. The normalized spacial score (nSPS) is 14.2. The molecule has 3 N–H and O–H groups in total. The number of aromatic nitrogens is 2. The number of hydrogen-bond donors (Lipinski definition) is 3. The number of rotatable bonds is 7. The molecule has 1 heterocycles. The highest BCUT2D eigenvalue weighted by Crippen LogP contribution is 2.37. The number of anilines is 2. The minimum atomic E-state index is -4.71. The highest BCUT2D eigenvalue weighted by Gasteiger charge is 2.51. The lowest BCUT2D eigenvalue weighted by Crippen LogP contribution is -2.48. The van der Waals surface area contributed by atoms with Crippen LogP contribution in [0.15, 0.2) is 61.2 Å². The number of benzene rings is 2. The van der Waals surface area contributed by atoms with Gasteiger partial charge in [-0.3, -0.25) is 9.59 Å². The number of halogens is 4. The van der Waals surface area contributed by atoms with E-state index in [4.69, 9.17) is 0 Å². The second kappa shape index (κ2) is 9.08. The Morgan fingerprint density at radius 2 is 1.68 bits per heavy atom.